The van der Waals surface area contributed by atoms with Crippen LogP contribution in [0.25, 0.3) is 0 Å². The number of carbonyl (C=O) groups excluding carboxylic acids is 1. The molecule has 0 bridgehead atoms. The molecule has 2 aliphatic heterocycles. The number of halogens is 2. The fourth-order valence-electron chi connectivity index (χ4n) is 5.14. The summed E-state index contributed by atoms with van der Waals surface area (Å²) in [5.41, 5.74) is 2.19. The molecule has 0 saturated carbocycles. The number of nitriles is 1. The Bertz CT molecular complexity index is 1400. The van der Waals surface area contributed by atoms with Crippen LogP contribution in [-0.2, 0) is 17.8 Å². The van der Waals surface area contributed by atoms with E-state index in [0.717, 1.165) is 11.1 Å². The number of phenolic OH excluding ortho intramolecular Hbond substituents is 1. The first-order chi connectivity index (χ1) is 20.1. The molecule has 14 heteroatoms. The summed E-state index contributed by atoms with van der Waals surface area (Å²) in [6, 6.07) is 6.77. The number of carboxylic acid groups (broad SMARTS) is 1. The van der Waals surface area contributed by atoms with Crippen molar-refractivity contribution >= 4 is 41.0 Å². The van der Waals surface area contributed by atoms with Gasteiger partial charge in [-0.3, -0.25) is 9.69 Å². The van der Waals surface area contributed by atoms with Crippen LogP contribution in [0.4, 0.5) is 0 Å². The highest BCUT2D eigenvalue weighted by Gasteiger charge is 2.29. The van der Waals surface area contributed by atoms with E-state index in [1.807, 2.05) is 0 Å². The Morgan fingerprint density at radius 2 is 2.02 bits per heavy atom. The number of benzene rings is 2. The molecule has 2 aromatic rings. The average molecular weight is 620 g/mol. The number of rotatable bonds is 9. The molecule has 1 amide bonds. The maximum Gasteiger partial charge on any atom is 0.328 e. The molecule has 12 nitrogen and oxygen atoms in total. The number of nitrogens with zero attached hydrogens (tertiary/aromatic N) is 4. The van der Waals surface area contributed by atoms with E-state index in [4.69, 9.17) is 28.5 Å². The highest BCUT2D eigenvalue weighted by molar-refractivity contribution is 6.40. The standard InChI is InChI=1S/C28H32Cl2N6O6/c29-21-11-17-13-35(8-6-23(39)16-2-1-3-18(37)10-16)7-5-20(17)25(30)24(21)26(40)34-22(27(41)42)12-32-28(33-15-31)36-9-4-19(38)14-36/h1-3,10-11,19,22-23,37-39H,4-9,12-14H2,(H,32,33)(H,34,40)(H,41,42)/t19-,22-,23?/m0/s1. The maximum absolute atomic E-state index is 13.2. The van der Waals surface area contributed by atoms with Gasteiger partial charge in [-0.05, 0) is 54.2 Å². The number of aliphatic carboxylic acids is 1. The van der Waals surface area contributed by atoms with Crippen molar-refractivity contribution in [1.29, 1.82) is 5.26 Å². The number of likely N-dealkylation sites (tertiary alicyclic amines) is 1. The molecule has 0 radical (unpaired) electrons. The minimum atomic E-state index is -1.40. The van der Waals surface area contributed by atoms with Crippen molar-refractivity contribution in [3.05, 3.63) is 62.6 Å². The second-order valence-corrected chi connectivity index (χ2v) is 11.1. The van der Waals surface area contributed by atoms with Crippen molar-refractivity contribution in [2.24, 2.45) is 4.99 Å². The highest BCUT2D eigenvalue weighted by Crippen LogP contribution is 2.35. The Hall–Kier alpha value is -3.60. The molecule has 1 saturated heterocycles. The normalized spacial score (nSPS) is 18.6. The monoisotopic (exact) mass is 618 g/mol. The summed E-state index contributed by atoms with van der Waals surface area (Å²) in [4.78, 5) is 32.6. The summed E-state index contributed by atoms with van der Waals surface area (Å²) in [5, 5.41) is 54.2. The summed E-state index contributed by atoms with van der Waals surface area (Å²) in [6.07, 6.45) is 1.79. The largest absolute Gasteiger partial charge is 0.508 e. The fraction of sp³-hybridized carbons (Fsp3) is 0.429. The average Bonchev–Trinajstić information content (AvgIpc) is 3.38. The Balaban J connectivity index is 1.40. The maximum atomic E-state index is 13.2. The Morgan fingerprint density at radius 1 is 1.24 bits per heavy atom. The number of hydrogen-bond donors (Lipinski definition) is 6. The molecule has 0 aromatic heterocycles. The number of aromatic hydroxyl groups is 1. The third kappa shape index (κ3) is 7.61. The van der Waals surface area contributed by atoms with Gasteiger partial charge in [0.25, 0.3) is 5.91 Å². The van der Waals surface area contributed by atoms with Gasteiger partial charge in [0.1, 0.15) is 11.8 Å². The van der Waals surface area contributed by atoms with Crippen LogP contribution in [-0.4, -0.2) is 92.9 Å². The molecule has 0 aliphatic carbocycles. The Morgan fingerprint density at radius 3 is 2.69 bits per heavy atom. The molecule has 1 fully saturated rings. The SMILES string of the molecule is N#C/N=C(/NC[C@H](NC(=O)c1c(Cl)cc2c(c1Cl)CCN(CCC(O)c1cccc(O)c1)C2)C(=O)O)N1CC[C@H](O)C1. The topological polar surface area (TPSA) is 182 Å². The zero-order chi connectivity index (χ0) is 30.4. The predicted octanol–water partition coefficient (Wildman–Crippen LogP) is 1.86. The van der Waals surface area contributed by atoms with Crippen LogP contribution in [0.3, 0.4) is 0 Å². The first kappa shape index (κ1) is 31.3. The zero-order valence-electron chi connectivity index (χ0n) is 22.6. The van der Waals surface area contributed by atoms with Gasteiger partial charge in [0, 0.05) is 39.3 Å². The first-order valence-electron chi connectivity index (χ1n) is 13.4. The van der Waals surface area contributed by atoms with Gasteiger partial charge in [-0.2, -0.15) is 5.26 Å². The van der Waals surface area contributed by atoms with Gasteiger partial charge in [-0.15, -0.1) is 4.99 Å². The third-order valence-corrected chi connectivity index (χ3v) is 8.09. The van der Waals surface area contributed by atoms with Gasteiger partial charge in [-0.1, -0.05) is 35.3 Å². The Kier molecular flexibility index (Phi) is 10.5. The lowest BCUT2D eigenvalue weighted by Gasteiger charge is -2.31. The van der Waals surface area contributed by atoms with Crippen molar-refractivity contribution in [3.63, 3.8) is 0 Å². The van der Waals surface area contributed by atoms with Gasteiger partial charge in [0.2, 0.25) is 12.2 Å². The van der Waals surface area contributed by atoms with Crippen molar-refractivity contribution in [3.8, 4) is 11.9 Å². The lowest BCUT2D eigenvalue weighted by atomic mass is 9.96. The van der Waals surface area contributed by atoms with Crippen LogP contribution in [0.1, 0.15) is 46.0 Å². The second-order valence-electron chi connectivity index (χ2n) is 10.3. The number of phenols is 1. The summed E-state index contributed by atoms with van der Waals surface area (Å²) in [6.45, 7) is 2.10. The van der Waals surface area contributed by atoms with Crippen molar-refractivity contribution in [1.82, 2.24) is 20.4 Å². The number of aliphatic imine (C=N–C) groups is 1. The molecule has 224 valence electrons. The summed E-state index contributed by atoms with van der Waals surface area (Å²) in [5.74, 6) is -1.87. The van der Waals surface area contributed by atoms with Crippen LogP contribution < -0.4 is 10.6 Å². The molecule has 0 spiro atoms. The van der Waals surface area contributed by atoms with Gasteiger partial charge in [0.05, 0.1) is 27.8 Å². The van der Waals surface area contributed by atoms with E-state index >= 15 is 0 Å². The van der Waals surface area contributed by atoms with Crippen LogP contribution in [0.2, 0.25) is 10.0 Å². The molecule has 6 N–H and O–H groups in total. The lowest BCUT2D eigenvalue weighted by Crippen LogP contribution is -2.51. The lowest BCUT2D eigenvalue weighted by molar-refractivity contribution is -0.139. The molecule has 2 aromatic carbocycles. The predicted molar refractivity (Wildman–Crippen MR) is 155 cm³/mol. The second kappa shape index (κ2) is 14.0. The van der Waals surface area contributed by atoms with E-state index in [1.54, 1.807) is 35.4 Å². The number of guanidine groups is 1. The van der Waals surface area contributed by atoms with Crippen molar-refractivity contribution in [2.45, 2.75) is 44.1 Å². The number of β-amino-alcohol motifs (C(OH)–C–C–N with tert-alkyl or cyclic N) is 1. The van der Waals surface area contributed by atoms with E-state index < -0.39 is 30.1 Å². The van der Waals surface area contributed by atoms with Crippen LogP contribution >= 0.6 is 23.2 Å². The van der Waals surface area contributed by atoms with Crippen LogP contribution in [0.15, 0.2) is 35.3 Å². The van der Waals surface area contributed by atoms with Gasteiger partial charge in [0.15, 0.2) is 0 Å². The smallest absolute Gasteiger partial charge is 0.328 e. The Labute approximate surface area is 252 Å². The number of hydrogen-bond acceptors (Lipinski definition) is 8. The number of aliphatic hydroxyl groups is 2. The van der Waals surface area contributed by atoms with Gasteiger partial charge in [-0.25, -0.2) is 4.79 Å². The number of amides is 1. The first-order valence-corrected chi connectivity index (χ1v) is 14.2. The minimum absolute atomic E-state index is 0.0235. The van der Waals surface area contributed by atoms with E-state index in [1.165, 1.54) is 6.07 Å². The number of nitrogens with one attached hydrogen (secondary N) is 2. The quantitative estimate of drug-likeness (QED) is 0.138. The van der Waals surface area contributed by atoms with E-state index in [9.17, 15) is 30.0 Å². The van der Waals surface area contributed by atoms with Gasteiger partial charge >= 0.3 is 5.97 Å². The molecule has 2 aliphatic rings. The molecule has 3 atom stereocenters. The molecule has 1 unspecified atom stereocenters. The van der Waals surface area contributed by atoms with Crippen molar-refractivity contribution < 1.29 is 30.0 Å². The summed E-state index contributed by atoms with van der Waals surface area (Å²) in [7, 11) is 0. The number of aliphatic hydroxyl groups excluding tert-OH is 2. The summed E-state index contributed by atoms with van der Waals surface area (Å²) < 4.78 is 0. The summed E-state index contributed by atoms with van der Waals surface area (Å²) >= 11 is 13.1. The number of carboxylic acids is 1. The number of fused-ring (bicyclic) bond motifs is 1. The van der Waals surface area contributed by atoms with Gasteiger partial charge < -0.3 is 36.0 Å². The van der Waals surface area contributed by atoms with E-state index in [2.05, 4.69) is 20.5 Å². The molecule has 42 heavy (non-hydrogen) atoms. The van der Waals surface area contributed by atoms with E-state index in [0.29, 0.717) is 51.0 Å². The minimum Gasteiger partial charge on any atom is -0.508 e. The third-order valence-electron chi connectivity index (χ3n) is 7.37. The van der Waals surface area contributed by atoms with Crippen LogP contribution in [0.5, 0.6) is 5.75 Å². The molecule has 2 heterocycles. The van der Waals surface area contributed by atoms with Crippen LogP contribution in [0, 0.1) is 11.5 Å². The highest BCUT2D eigenvalue weighted by atomic mass is 35.5. The fourth-order valence-corrected chi connectivity index (χ4v) is 5.90. The molecule has 4 rings (SSSR count). The molecular formula is C28H32Cl2N6O6. The number of carbonyl (C=O) groups is 2. The molecular weight excluding hydrogens is 587 g/mol. The zero-order valence-corrected chi connectivity index (χ0v) is 24.1. The van der Waals surface area contributed by atoms with Crippen molar-refractivity contribution in [2.75, 3.05) is 32.7 Å². The van der Waals surface area contributed by atoms with E-state index in [-0.39, 0.29) is 40.4 Å².